The average molecular weight is 359 g/mol. The maximum atomic E-state index is 12.1. The number of ether oxygens (including phenoxy) is 2. The summed E-state index contributed by atoms with van der Waals surface area (Å²) in [5.41, 5.74) is 2.08. The van der Waals surface area contributed by atoms with Crippen LogP contribution < -0.4 is 14.8 Å². The van der Waals surface area contributed by atoms with Gasteiger partial charge in [0.05, 0.1) is 12.4 Å². The van der Waals surface area contributed by atoms with Crippen molar-refractivity contribution in [3.05, 3.63) is 41.7 Å². The zero-order valence-electron chi connectivity index (χ0n) is 14.3. The minimum absolute atomic E-state index is 0.0744. The summed E-state index contributed by atoms with van der Waals surface area (Å²) in [6, 6.07) is 5.74. The number of thioether (sulfide) groups is 1. The monoisotopic (exact) mass is 359 g/mol. The molecule has 0 radical (unpaired) electrons. The predicted molar refractivity (Wildman–Crippen MR) is 96.0 cm³/mol. The van der Waals surface area contributed by atoms with Crippen molar-refractivity contribution in [2.45, 2.75) is 38.1 Å². The van der Waals surface area contributed by atoms with Gasteiger partial charge in [-0.05, 0) is 32.0 Å². The van der Waals surface area contributed by atoms with Crippen molar-refractivity contribution in [1.29, 1.82) is 0 Å². The Hall–Kier alpha value is -2.28. The van der Waals surface area contributed by atoms with Gasteiger partial charge in [-0.15, -0.1) is 0 Å². The number of hydrogen-bond acceptors (Lipinski definition) is 6. The van der Waals surface area contributed by atoms with E-state index in [9.17, 15) is 4.79 Å². The fourth-order valence-corrected chi connectivity index (χ4v) is 3.28. The molecular weight excluding hydrogens is 338 g/mol. The first-order valence-corrected chi connectivity index (χ1v) is 9.26. The highest BCUT2D eigenvalue weighted by Gasteiger charge is 2.22. The molecule has 25 heavy (non-hydrogen) atoms. The summed E-state index contributed by atoms with van der Waals surface area (Å²) >= 11 is 1.31. The van der Waals surface area contributed by atoms with Crippen molar-refractivity contribution in [1.82, 2.24) is 15.3 Å². The second kappa shape index (κ2) is 8.20. The van der Waals surface area contributed by atoms with Gasteiger partial charge >= 0.3 is 0 Å². The van der Waals surface area contributed by atoms with E-state index in [2.05, 4.69) is 15.3 Å². The highest BCUT2D eigenvalue weighted by atomic mass is 32.2. The summed E-state index contributed by atoms with van der Waals surface area (Å²) in [4.78, 5) is 20.3. The number of carbonyl (C=O) groups is 1. The molecule has 7 heteroatoms. The third kappa shape index (κ3) is 4.63. The molecule has 1 N–H and O–H groups in total. The Balaban J connectivity index is 1.60. The number of nitrogens with one attached hydrogen (secondary N) is 1. The first-order valence-electron chi connectivity index (χ1n) is 8.27. The minimum Gasteiger partial charge on any atom is -0.494 e. The molecule has 1 aromatic heterocycles. The first kappa shape index (κ1) is 17.5. The van der Waals surface area contributed by atoms with Crippen LogP contribution >= 0.6 is 11.8 Å². The zero-order valence-corrected chi connectivity index (χ0v) is 15.1. The lowest BCUT2D eigenvalue weighted by molar-refractivity contribution is -0.118. The van der Waals surface area contributed by atoms with Crippen LogP contribution in [-0.4, -0.2) is 34.3 Å². The molecule has 0 unspecified atom stereocenters. The highest BCUT2D eigenvalue weighted by molar-refractivity contribution is 7.99. The molecule has 1 aliphatic rings. The van der Waals surface area contributed by atoms with Crippen LogP contribution in [0.2, 0.25) is 0 Å². The Morgan fingerprint density at radius 2 is 2.20 bits per heavy atom. The molecule has 0 spiro atoms. The van der Waals surface area contributed by atoms with Crippen molar-refractivity contribution >= 4 is 17.7 Å². The molecular formula is C18H21N3O3S. The van der Waals surface area contributed by atoms with E-state index in [1.165, 1.54) is 11.8 Å². The van der Waals surface area contributed by atoms with Gasteiger partial charge in [0, 0.05) is 36.5 Å². The Morgan fingerprint density at radius 3 is 2.96 bits per heavy atom. The summed E-state index contributed by atoms with van der Waals surface area (Å²) in [5, 5.41) is 3.51. The van der Waals surface area contributed by atoms with Gasteiger partial charge in [0.1, 0.15) is 17.6 Å². The van der Waals surface area contributed by atoms with Gasteiger partial charge in [-0.3, -0.25) is 4.79 Å². The van der Waals surface area contributed by atoms with E-state index in [4.69, 9.17) is 9.47 Å². The molecule has 1 aliphatic heterocycles. The fourth-order valence-electron chi connectivity index (χ4n) is 2.64. The van der Waals surface area contributed by atoms with Crippen LogP contribution in [0.4, 0.5) is 0 Å². The quantitative estimate of drug-likeness (QED) is 0.605. The number of rotatable bonds is 7. The SMILES string of the molecule is CCOc1cc2c(cc1CNC(=O)CSc1ncccn1)O[C@@H](C)C2. The molecule has 2 aromatic rings. The van der Waals surface area contributed by atoms with Crippen molar-refractivity contribution < 1.29 is 14.3 Å². The summed E-state index contributed by atoms with van der Waals surface area (Å²) in [5.74, 6) is 1.88. The molecule has 0 saturated heterocycles. The first-order chi connectivity index (χ1) is 12.2. The number of hydrogen-bond donors (Lipinski definition) is 1. The zero-order chi connectivity index (χ0) is 17.6. The van der Waals surface area contributed by atoms with Crippen LogP contribution in [0.15, 0.2) is 35.7 Å². The number of carbonyl (C=O) groups excluding carboxylic acids is 1. The molecule has 132 valence electrons. The molecule has 0 saturated carbocycles. The van der Waals surface area contributed by atoms with E-state index >= 15 is 0 Å². The molecule has 3 rings (SSSR count). The maximum absolute atomic E-state index is 12.1. The number of benzene rings is 1. The topological polar surface area (TPSA) is 73.3 Å². The standard InChI is InChI=1S/C18H21N3O3S/c1-3-23-15-8-13-7-12(2)24-16(13)9-14(15)10-21-17(22)11-25-18-19-5-4-6-20-18/h4-6,8-9,12H,3,7,10-11H2,1-2H3,(H,21,22)/t12-/m0/s1. The molecule has 1 amide bonds. The molecule has 6 nitrogen and oxygen atoms in total. The average Bonchev–Trinajstić information content (AvgIpc) is 2.98. The number of nitrogens with zero attached hydrogens (tertiary/aromatic N) is 2. The molecule has 1 atom stereocenters. The van der Waals surface area contributed by atoms with E-state index in [-0.39, 0.29) is 17.8 Å². The van der Waals surface area contributed by atoms with Gasteiger partial charge in [-0.2, -0.15) is 0 Å². The van der Waals surface area contributed by atoms with Gasteiger partial charge in [0.15, 0.2) is 5.16 Å². The minimum atomic E-state index is -0.0744. The molecule has 2 heterocycles. The third-order valence-electron chi connectivity index (χ3n) is 3.73. The largest absolute Gasteiger partial charge is 0.494 e. The number of amides is 1. The Kier molecular flexibility index (Phi) is 5.75. The lowest BCUT2D eigenvalue weighted by Crippen LogP contribution is -2.25. The summed E-state index contributed by atoms with van der Waals surface area (Å²) in [6.45, 7) is 4.97. The van der Waals surface area contributed by atoms with E-state index in [1.807, 2.05) is 26.0 Å². The second-order valence-corrected chi connectivity index (χ2v) is 6.67. The van der Waals surface area contributed by atoms with Crippen molar-refractivity contribution in [2.75, 3.05) is 12.4 Å². The molecule has 0 fully saturated rings. The number of fused-ring (bicyclic) bond motifs is 1. The van der Waals surface area contributed by atoms with Crippen molar-refractivity contribution in [2.24, 2.45) is 0 Å². The normalized spacial score (nSPS) is 15.4. The smallest absolute Gasteiger partial charge is 0.230 e. The Labute approximate surface area is 151 Å². The second-order valence-electron chi connectivity index (χ2n) is 5.73. The van der Waals surface area contributed by atoms with Crippen LogP contribution in [-0.2, 0) is 17.8 Å². The lowest BCUT2D eigenvalue weighted by atomic mass is 10.1. The lowest BCUT2D eigenvalue weighted by Gasteiger charge is -2.13. The molecule has 0 bridgehead atoms. The molecule has 0 aliphatic carbocycles. The third-order valence-corrected chi connectivity index (χ3v) is 4.60. The van der Waals surface area contributed by atoms with Crippen molar-refractivity contribution in [3.63, 3.8) is 0 Å². The van der Waals surface area contributed by atoms with Crippen molar-refractivity contribution in [3.8, 4) is 11.5 Å². The summed E-state index contributed by atoms with van der Waals surface area (Å²) in [7, 11) is 0. The van der Waals surface area contributed by atoms with E-state index in [0.29, 0.717) is 18.3 Å². The van der Waals surface area contributed by atoms with Crippen LogP contribution in [0.25, 0.3) is 0 Å². The van der Waals surface area contributed by atoms with E-state index < -0.39 is 0 Å². The number of aromatic nitrogens is 2. The van der Waals surface area contributed by atoms with Crippen LogP contribution in [0.5, 0.6) is 11.5 Å². The maximum Gasteiger partial charge on any atom is 0.230 e. The van der Waals surface area contributed by atoms with E-state index in [0.717, 1.165) is 29.0 Å². The molecule has 1 aromatic carbocycles. The summed E-state index contributed by atoms with van der Waals surface area (Å²) < 4.78 is 11.5. The van der Waals surface area contributed by atoms with Crippen LogP contribution in [0, 0.1) is 0 Å². The van der Waals surface area contributed by atoms with Gasteiger partial charge in [0.2, 0.25) is 5.91 Å². The van der Waals surface area contributed by atoms with E-state index in [1.54, 1.807) is 18.5 Å². The van der Waals surface area contributed by atoms with Gasteiger partial charge in [-0.25, -0.2) is 9.97 Å². The predicted octanol–water partition coefficient (Wildman–Crippen LogP) is 2.61. The van der Waals surface area contributed by atoms with Crippen LogP contribution in [0.1, 0.15) is 25.0 Å². The van der Waals surface area contributed by atoms with Gasteiger partial charge in [0.25, 0.3) is 0 Å². The Bertz CT molecular complexity index is 740. The summed E-state index contributed by atoms with van der Waals surface area (Å²) in [6.07, 6.45) is 4.38. The van der Waals surface area contributed by atoms with Gasteiger partial charge < -0.3 is 14.8 Å². The highest BCUT2D eigenvalue weighted by Crippen LogP contribution is 2.35. The Morgan fingerprint density at radius 1 is 1.40 bits per heavy atom. The van der Waals surface area contributed by atoms with Crippen LogP contribution in [0.3, 0.4) is 0 Å². The fraction of sp³-hybridized carbons (Fsp3) is 0.389. The van der Waals surface area contributed by atoms with Gasteiger partial charge in [-0.1, -0.05) is 11.8 Å².